The largest absolute Gasteiger partial charge is 0.324 e. The summed E-state index contributed by atoms with van der Waals surface area (Å²) in [5.74, 6) is 0.699. The van der Waals surface area contributed by atoms with Gasteiger partial charge in [0.2, 0.25) is 0 Å². The highest BCUT2D eigenvalue weighted by molar-refractivity contribution is 6.32. The average Bonchev–Trinajstić information content (AvgIpc) is 3.01. The molecule has 1 atom stereocenters. The molecule has 1 saturated carbocycles. The van der Waals surface area contributed by atoms with Crippen LogP contribution in [-0.2, 0) is 0 Å². The van der Waals surface area contributed by atoms with Gasteiger partial charge in [-0.15, -0.1) is 0 Å². The van der Waals surface area contributed by atoms with Crippen LogP contribution in [0.15, 0.2) is 18.2 Å². The number of nitro groups is 1. The molecule has 1 aliphatic rings. The summed E-state index contributed by atoms with van der Waals surface area (Å²) >= 11 is 5.73. The quantitative estimate of drug-likeness (QED) is 0.650. The lowest BCUT2D eigenvalue weighted by Gasteiger charge is -2.11. The Balaban J connectivity index is 2.20. The van der Waals surface area contributed by atoms with E-state index < -0.39 is 4.92 Å². The van der Waals surface area contributed by atoms with Gasteiger partial charge in [0.1, 0.15) is 5.02 Å². The predicted molar refractivity (Wildman–Crippen MR) is 62.4 cm³/mol. The van der Waals surface area contributed by atoms with Crippen LogP contribution in [0.5, 0.6) is 0 Å². The van der Waals surface area contributed by atoms with Crippen molar-refractivity contribution in [2.45, 2.75) is 25.3 Å². The smallest absolute Gasteiger partial charge is 0.288 e. The van der Waals surface area contributed by atoms with E-state index in [2.05, 4.69) is 0 Å². The average molecular weight is 241 g/mol. The summed E-state index contributed by atoms with van der Waals surface area (Å²) in [7, 11) is 0. The molecular weight excluding hydrogens is 228 g/mol. The van der Waals surface area contributed by atoms with Gasteiger partial charge in [0, 0.05) is 12.1 Å². The van der Waals surface area contributed by atoms with E-state index in [0.717, 1.165) is 12.0 Å². The first-order valence-corrected chi connectivity index (χ1v) is 5.65. The summed E-state index contributed by atoms with van der Waals surface area (Å²) in [6, 6.07) is 4.67. The van der Waals surface area contributed by atoms with Gasteiger partial charge < -0.3 is 5.73 Å². The number of hydrogen-bond acceptors (Lipinski definition) is 3. The lowest BCUT2D eigenvalue weighted by molar-refractivity contribution is -0.384. The summed E-state index contributed by atoms with van der Waals surface area (Å²) < 4.78 is 0. The topological polar surface area (TPSA) is 69.2 Å². The Morgan fingerprint density at radius 2 is 2.25 bits per heavy atom. The van der Waals surface area contributed by atoms with E-state index >= 15 is 0 Å². The van der Waals surface area contributed by atoms with Gasteiger partial charge in [0.25, 0.3) is 5.69 Å². The van der Waals surface area contributed by atoms with Crippen molar-refractivity contribution in [3.63, 3.8) is 0 Å². The molecule has 0 radical (unpaired) electrons. The zero-order valence-corrected chi connectivity index (χ0v) is 9.48. The maximum atomic E-state index is 10.7. The molecule has 5 heteroatoms. The van der Waals surface area contributed by atoms with Crippen LogP contribution in [0.3, 0.4) is 0 Å². The van der Waals surface area contributed by atoms with Crippen molar-refractivity contribution < 1.29 is 4.92 Å². The molecule has 2 rings (SSSR count). The van der Waals surface area contributed by atoms with E-state index in [9.17, 15) is 10.1 Å². The second-order valence-electron chi connectivity index (χ2n) is 4.25. The Hall–Kier alpha value is -1.13. The molecule has 0 spiro atoms. The fourth-order valence-electron chi connectivity index (χ4n) is 1.75. The third-order valence-electron chi connectivity index (χ3n) is 2.88. The first kappa shape index (κ1) is 11.4. The van der Waals surface area contributed by atoms with Crippen LogP contribution in [0.2, 0.25) is 5.02 Å². The summed E-state index contributed by atoms with van der Waals surface area (Å²) in [4.78, 5) is 10.2. The minimum absolute atomic E-state index is 0.0644. The standard InChI is InChI=1S/C11H13ClN2O2/c12-9-4-3-8(6-11(9)14(15)16)10(13)5-7-1-2-7/h3-4,6-7,10H,1-2,5,13H2/t10-/m0/s1. The Morgan fingerprint density at radius 3 is 2.81 bits per heavy atom. The molecule has 1 aromatic rings. The number of hydrogen-bond donors (Lipinski definition) is 1. The van der Waals surface area contributed by atoms with Crippen LogP contribution in [-0.4, -0.2) is 4.92 Å². The Morgan fingerprint density at radius 1 is 1.56 bits per heavy atom. The highest BCUT2D eigenvalue weighted by Crippen LogP contribution is 2.37. The number of rotatable bonds is 4. The molecule has 0 aromatic heterocycles. The van der Waals surface area contributed by atoms with Crippen molar-refractivity contribution >= 4 is 17.3 Å². The second-order valence-corrected chi connectivity index (χ2v) is 4.66. The first-order valence-electron chi connectivity index (χ1n) is 5.27. The number of halogens is 1. The molecule has 2 N–H and O–H groups in total. The third-order valence-corrected chi connectivity index (χ3v) is 3.20. The van der Waals surface area contributed by atoms with Crippen molar-refractivity contribution in [3.8, 4) is 0 Å². The Labute approximate surface area is 98.5 Å². The Kier molecular flexibility index (Phi) is 3.12. The molecule has 1 fully saturated rings. The second kappa shape index (κ2) is 4.39. The van der Waals surface area contributed by atoms with E-state index in [1.165, 1.54) is 18.9 Å². The highest BCUT2D eigenvalue weighted by Gasteiger charge is 2.25. The van der Waals surface area contributed by atoms with Gasteiger partial charge in [0.15, 0.2) is 0 Å². The van der Waals surface area contributed by atoms with Crippen LogP contribution in [0.4, 0.5) is 5.69 Å². The van der Waals surface area contributed by atoms with E-state index in [-0.39, 0.29) is 16.8 Å². The molecule has 16 heavy (non-hydrogen) atoms. The predicted octanol–water partition coefficient (Wildman–Crippen LogP) is 3.05. The van der Waals surface area contributed by atoms with E-state index in [1.54, 1.807) is 12.1 Å². The van der Waals surface area contributed by atoms with Gasteiger partial charge in [-0.05, 0) is 24.0 Å². The van der Waals surface area contributed by atoms with E-state index in [4.69, 9.17) is 17.3 Å². The maximum absolute atomic E-state index is 10.7. The fourth-order valence-corrected chi connectivity index (χ4v) is 1.94. The maximum Gasteiger partial charge on any atom is 0.288 e. The summed E-state index contributed by atoms with van der Waals surface area (Å²) in [5.41, 5.74) is 6.72. The van der Waals surface area contributed by atoms with Crippen molar-refractivity contribution in [2.75, 3.05) is 0 Å². The van der Waals surface area contributed by atoms with Crippen molar-refractivity contribution in [3.05, 3.63) is 38.9 Å². The van der Waals surface area contributed by atoms with Gasteiger partial charge in [-0.25, -0.2) is 0 Å². The molecule has 0 amide bonds. The highest BCUT2D eigenvalue weighted by atomic mass is 35.5. The van der Waals surface area contributed by atoms with Gasteiger partial charge in [-0.2, -0.15) is 0 Å². The molecule has 4 nitrogen and oxygen atoms in total. The lowest BCUT2D eigenvalue weighted by Crippen LogP contribution is -2.11. The molecule has 0 unspecified atom stereocenters. The fraction of sp³-hybridized carbons (Fsp3) is 0.455. The molecule has 0 heterocycles. The van der Waals surface area contributed by atoms with Gasteiger partial charge in [-0.3, -0.25) is 10.1 Å². The number of nitrogens with zero attached hydrogens (tertiary/aromatic N) is 1. The normalized spacial score (nSPS) is 17.1. The van der Waals surface area contributed by atoms with Crippen LogP contribution >= 0.6 is 11.6 Å². The SMILES string of the molecule is N[C@@H](CC1CC1)c1ccc(Cl)c([N+](=O)[O-])c1. The molecule has 1 aliphatic carbocycles. The van der Waals surface area contributed by atoms with Gasteiger partial charge >= 0.3 is 0 Å². The van der Waals surface area contributed by atoms with Crippen molar-refractivity contribution in [1.82, 2.24) is 0 Å². The van der Waals surface area contributed by atoms with Crippen LogP contribution in [0.1, 0.15) is 30.9 Å². The summed E-state index contributed by atoms with van der Waals surface area (Å²) in [5, 5.41) is 10.9. The number of nitro benzene ring substituents is 1. The van der Waals surface area contributed by atoms with Crippen LogP contribution < -0.4 is 5.73 Å². The molecule has 0 bridgehead atoms. The van der Waals surface area contributed by atoms with Crippen LogP contribution in [0.25, 0.3) is 0 Å². The van der Waals surface area contributed by atoms with E-state index in [1.807, 2.05) is 0 Å². The molecular formula is C11H13ClN2O2. The van der Waals surface area contributed by atoms with Gasteiger partial charge in [0.05, 0.1) is 4.92 Å². The monoisotopic (exact) mass is 240 g/mol. The first-order chi connectivity index (χ1) is 7.58. The lowest BCUT2D eigenvalue weighted by atomic mass is 10.0. The molecule has 1 aromatic carbocycles. The third kappa shape index (κ3) is 2.51. The zero-order chi connectivity index (χ0) is 11.7. The number of nitrogens with two attached hydrogens (primary N) is 1. The minimum atomic E-state index is -0.477. The Bertz CT molecular complexity index is 418. The molecule has 0 saturated heterocycles. The van der Waals surface area contributed by atoms with Crippen LogP contribution in [0, 0.1) is 16.0 Å². The number of benzene rings is 1. The van der Waals surface area contributed by atoms with E-state index in [0.29, 0.717) is 5.92 Å². The minimum Gasteiger partial charge on any atom is -0.324 e. The summed E-state index contributed by atoms with van der Waals surface area (Å²) in [6.45, 7) is 0. The van der Waals surface area contributed by atoms with Gasteiger partial charge in [-0.1, -0.05) is 30.5 Å². The summed E-state index contributed by atoms with van der Waals surface area (Å²) in [6.07, 6.45) is 3.35. The molecule has 0 aliphatic heterocycles. The molecule has 86 valence electrons. The van der Waals surface area contributed by atoms with Crippen molar-refractivity contribution in [1.29, 1.82) is 0 Å². The zero-order valence-electron chi connectivity index (χ0n) is 8.73. The van der Waals surface area contributed by atoms with Crippen molar-refractivity contribution in [2.24, 2.45) is 11.7 Å².